The van der Waals surface area contributed by atoms with Gasteiger partial charge in [0.1, 0.15) is 0 Å². The van der Waals surface area contributed by atoms with Crippen molar-refractivity contribution in [2.75, 3.05) is 13.2 Å². The zero-order valence-electron chi connectivity index (χ0n) is 19.5. The van der Waals surface area contributed by atoms with Crippen LogP contribution in [0, 0.1) is 0 Å². The molecule has 0 aliphatic carbocycles. The second kappa shape index (κ2) is 13.7. The van der Waals surface area contributed by atoms with Gasteiger partial charge >= 0.3 is 0 Å². The Morgan fingerprint density at radius 1 is 1.07 bits per heavy atom. The van der Waals surface area contributed by atoms with Crippen LogP contribution in [0.1, 0.15) is 85.5 Å². The van der Waals surface area contributed by atoms with E-state index in [0.29, 0.717) is 6.61 Å². The molecule has 2 atom stereocenters. The summed E-state index contributed by atoms with van der Waals surface area (Å²) in [5.41, 5.74) is 0. The first-order valence-electron chi connectivity index (χ1n) is 11.5. The molecule has 3 nitrogen and oxygen atoms in total. The number of hydrogen-bond donors (Lipinski definition) is 0. The van der Waals surface area contributed by atoms with Crippen LogP contribution in [0.25, 0.3) is 0 Å². The Bertz CT molecular complexity index is 445. The van der Waals surface area contributed by atoms with E-state index in [1.54, 1.807) is 0 Å². The molecule has 1 aliphatic rings. The van der Waals surface area contributed by atoms with E-state index in [2.05, 4.69) is 65.1 Å². The van der Waals surface area contributed by atoms with Crippen LogP contribution in [-0.2, 0) is 13.9 Å². The topological polar surface area (TPSA) is 27.7 Å². The summed E-state index contributed by atoms with van der Waals surface area (Å²) in [5, 5.41) is 0.206. The first-order chi connectivity index (χ1) is 13.3. The highest BCUT2D eigenvalue weighted by Crippen LogP contribution is 2.37. The van der Waals surface area contributed by atoms with Crippen LogP contribution < -0.4 is 0 Å². The van der Waals surface area contributed by atoms with E-state index >= 15 is 0 Å². The molecule has 0 N–H and O–H groups in total. The molecule has 0 aromatic rings. The van der Waals surface area contributed by atoms with Crippen LogP contribution in [-0.4, -0.2) is 33.9 Å². The van der Waals surface area contributed by atoms with Gasteiger partial charge in [0, 0.05) is 6.61 Å². The van der Waals surface area contributed by atoms with Crippen molar-refractivity contribution in [3.63, 3.8) is 0 Å². The molecule has 0 spiro atoms. The van der Waals surface area contributed by atoms with Gasteiger partial charge in [-0.3, -0.25) is 0 Å². The average Bonchev–Trinajstić information content (AvgIpc) is 2.64. The van der Waals surface area contributed by atoms with E-state index in [1.165, 1.54) is 32.1 Å². The van der Waals surface area contributed by atoms with Gasteiger partial charge in [0.15, 0.2) is 14.6 Å². The Labute approximate surface area is 176 Å². The van der Waals surface area contributed by atoms with Gasteiger partial charge in [-0.1, -0.05) is 64.8 Å². The zero-order valence-corrected chi connectivity index (χ0v) is 20.5. The van der Waals surface area contributed by atoms with Gasteiger partial charge in [-0.2, -0.15) is 0 Å². The second-order valence-electron chi connectivity index (χ2n) is 9.54. The minimum atomic E-state index is -1.82. The Hall–Kier alpha value is -0.423. The lowest BCUT2D eigenvalue weighted by Gasteiger charge is -2.39. The van der Waals surface area contributed by atoms with Crippen molar-refractivity contribution < 1.29 is 13.9 Å². The molecular formula is C24H46O3Si. The third kappa shape index (κ3) is 10.9. The van der Waals surface area contributed by atoms with Gasteiger partial charge in [-0.05, 0) is 63.1 Å². The first-order valence-corrected chi connectivity index (χ1v) is 14.4. The van der Waals surface area contributed by atoms with E-state index < -0.39 is 8.32 Å². The molecular weight excluding hydrogens is 364 g/mol. The van der Waals surface area contributed by atoms with Crippen molar-refractivity contribution in [3.05, 3.63) is 24.3 Å². The molecule has 164 valence electrons. The maximum atomic E-state index is 6.65. The summed E-state index contributed by atoms with van der Waals surface area (Å²) in [6.45, 7) is 15.2. The number of allylic oxidation sites excluding steroid dienone is 3. The van der Waals surface area contributed by atoms with E-state index in [0.717, 1.165) is 32.3 Å². The summed E-state index contributed by atoms with van der Waals surface area (Å²) < 4.78 is 18.4. The van der Waals surface area contributed by atoms with E-state index in [4.69, 9.17) is 13.9 Å². The summed E-state index contributed by atoms with van der Waals surface area (Å²) in [4.78, 5) is 0. The molecule has 0 aromatic heterocycles. The van der Waals surface area contributed by atoms with E-state index in [-0.39, 0.29) is 17.4 Å². The number of unbranched alkanes of at least 4 members (excludes halogenated alkanes) is 3. The van der Waals surface area contributed by atoms with Crippen LogP contribution in [0.4, 0.5) is 0 Å². The van der Waals surface area contributed by atoms with Crippen molar-refractivity contribution in [1.82, 2.24) is 0 Å². The van der Waals surface area contributed by atoms with Crippen LogP contribution in [0.15, 0.2) is 24.3 Å². The Morgan fingerprint density at radius 3 is 2.46 bits per heavy atom. The number of ether oxygens (including phenoxy) is 2. The highest BCUT2D eigenvalue weighted by Gasteiger charge is 2.39. The summed E-state index contributed by atoms with van der Waals surface area (Å²) in [6, 6.07) is 0. The molecule has 28 heavy (non-hydrogen) atoms. The average molecular weight is 411 g/mol. The van der Waals surface area contributed by atoms with Crippen LogP contribution in [0.3, 0.4) is 0 Å². The molecule has 4 heteroatoms. The predicted molar refractivity (Wildman–Crippen MR) is 123 cm³/mol. The molecule has 0 bridgehead atoms. The van der Waals surface area contributed by atoms with Crippen molar-refractivity contribution in [3.8, 4) is 0 Å². The SMILES string of the molecule is CCCCC/C=C\C/C=C\CC(COC1CCCCO1)O[Si](C)(C)C(C)(C)C. The minimum absolute atomic E-state index is 0.0469. The van der Waals surface area contributed by atoms with Gasteiger partial charge in [0.2, 0.25) is 0 Å². The molecule has 1 heterocycles. The van der Waals surface area contributed by atoms with Gasteiger partial charge in [-0.25, -0.2) is 0 Å². The largest absolute Gasteiger partial charge is 0.411 e. The predicted octanol–water partition coefficient (Wildman–Crippen LogP) is 7.39. The normalized spacial score (nSPS) is 20.3. The number of rotatable bonds is 13. The summed E-state index contributed by atoms with van der Waals surface area (Å²) in [5.74, 6) is 0. The van der Waals surface area contributed by atoms with Gasteiger partial charge < -0.3 is 13.9 Å². The third-order valence-electron chi connectivity index (χ3n) is 5.85. The maximum absolute atomic E-state index is 6.65. The fourth-order valence-corrected chi connectivity index (χ4v) is 4.30. The van der Waals surface area contributed by atoms with Crippen molar-refractivity contribution in [1.29, 1.82) is 0 Å². The lowest BCUT2D eigenvalue weighted by Crippen LogP contribution is -2.45. The molecule has 0 radical (unpaired) electrons. The fraction of sp³-hybridized carbons (Fsp3) is 0.833. The van der Waals surface area contributed by atoms with Crippen molar-refractivity contribution in [2.24, 2.45) is 0 Å². The third-order valence-corrected chi connectivity index (χ3v) is 10.4. The number of hydrogen-bond acceptors (Lipinski definition) is 3. The lowest BCUT2D eigenvalue weighted by atomic mass is 10.2. The zero-order chi connectivity index (χ0) is 20.9. The second-order valence-corrected chi connectivity index (χ2v) is 14.3. The summed E-state index contributed by atoms with van der Waals surface area (Å²) >= 11 is 0. The highest BCUT2D eigenvalue weighted by molar-refractivity contribution is 6.74. The maximum Gasteiger partial charge on any atom is 0.192 e. The minimum Gasteiger partial charge on any atom is -0.411 e. The Balaban J connectivity index is 2.48. The molecule has 0 aromatic carbocycles. The molecule has 1 aliphatic heterocycles. The monoisotopic (exact) mass is 410 g/mol. The molecule has 1 saturated heterocycles. The lowest BCUT2D eigenvalue weighted by molar-refractivity contribution is -0.173. The smallest absolute Gasteiger partial charge is 0.192 e. The quantitative estimate of drug-likeness (QED) is 0.180. The van der Waals surface area contributed by atoms with E-state index in [1.807, 2.05) is 0 Å². The van der Waals surface area contributed by atoms with Gasteiger partial charge in [-0.15, -0.1) is 0 Å². The van der Waals surface area contributed by atoms with Crippen LogP contribution >= 0.6 is 0 Å². The molecule has 0 amide bonds. The van der Waals surface area contributed by atoms with Crippen molar-refractivity contribution >= 4 is 8.32 Å². The fourth-order valence-electron chi connectivity index (χ4n) is 2.95. The summed E-state index contributed by atoms with van der Waals surface area (Å²) in [6.07, 6.45) is 19.6. The standard InChI is InChI=1S/C24H46O3Si/c1-7-8-9-10-11-12-13-14-15-18-22(27-28(5,6)24(2,3)4)21-26-23-19-16-17-20-25-23/h11-12,14-15,22-23H,7-10,13,16-21H2,1-6H3/b12-11-,15-14-. The Morgan fingerprint density at radius 2 is 1.82 bits per heavy atom. The van der Waals surface area contributed by atoms with Crippen LogP contribution in [0.2, 0.25) is 18.1 Å². The first kappa shape index (κ1) is 25.6. The summed E-state index contributed by atoms with van der Waals surface area (Å²) in [7, 11) is -1.82. The van der Waals surface area contributed by atoms with Crippen LogP contribution in [0.5, 0.6) is 0 Å². The van der Waals surface area contributed by atoms with Gasteiger partial charge in [0.05, 0.1) is 12.7 Å². The molecule has 1 fully saturated rings. The van der Waals surface area contributed by atoms with Crippen molar-refractivity contribution in [2.45, 2.75) is 116 Å². The molecule has 0 saturated carbocycles. The van der Waals surface area contributed by atoms with E-state index in [9.17, 15) is 0 Å². The molecule has 1 rings (SSSR count). The molecule has 2 unspecified atom stereocenters. The van der Waals surface area contributed by atoms with Gasteiger partial charge in [0.25, 0.3) is 0 Å². The Kier molecular flexibility index (Phi) is 12.6. The highest BCUT2D eigenvalue weighted by atomic mass is 28.4.